The lowest BCUT2D eigenvalue weighted by molar-refractivity contribution is 0.0937. The normalized spacial score (nSPS) is 21.7. The molecule has 1 saturated heterocycles. The lowest BCUT2D eigenvalue weighted by Gasteiger charge is -2.26. The van der Waals surface area contributed by atoms with E-state index < -0.39 is 0 Å². The van der Waals surface area contributed by atoms with Crippen LogP contribution in [0, 0.1) is 0 Å². The highest BCUT2D eigenvalue weighted by Crippen LogP contribution is 2.42. The van der Waals surface area contributed by atoms with E-state index >= 15 is 0 Å². The molecule has 1 aromatic heterocycles. The maximum absolute atomic E-state index is 13.3. The Hall–Kier alpha value is -2.11. The molecule has 2 heterocycles. The van der Waals surface area contributed by atoms with Gasteiger partial charge in [0.15, 0.2) is 5.16 Å². The number of nitrogens with zero attached hydrogens (tertiary/aromatic N) is 2. The highest BCUT2D eigenvalue weighted by Gasteiger charge is 2.25. The first-order valence-corrected chi connectivity index (χ1v) is 11.0. The number of aryl methyl sites for hydroxylation is 1. The highest BCUT2D eigenvalue weighted by atomic mass is 32.2. The van der Waals surface area contributed by atoms with Gasteiger partial charge in [-0.1, -0.05) is 48.2 Å². The fourth-order valence-corrected chi connectivity index (χ4v) is 5.68. The summed E-state index contributed by atoms with van der Waals surface area (Å²) >= 11 is 1.74. The van der Waals surface area contributed by atoms with Crippen LogP contribution >= 0.6 is 11.8 Å². The van der Waals surface area contributed by atoms with Crippen LogP contribution in [-0.2, 0) is 17.7 Å². The minimum Gasteiger partial charge on any atom is -0.376 e. The number of para-hydroxylation sites is 1. The summed E-state index contributed by atoms with van der Waals surface area (Å²) in [6.07, 6.45) is 5.62. The maximum atomic E-state index is 13.3. The van der Waals surface area contributed by atoms with Crippen LogP contribution in [0.4, 0.5) is 0 Å². The average molecular weight is 393 g/mol. The van der Waals surface area contributed by atoms with Gasteiger partial charge in [0.05, 0.1) is 23.6 Å². The van der Waals surface area contributed by atoms with E-state index in [1.54, 1.807) is 11.8 Å². The second-order valence-electron chi connectivity index (χ2n) is 7.66. The average Bonchev–Trinajstić information content (AvgIpc) is 3.24. The summed E-state index contributed by atoms with van der Waals surface area (Å²) in [4.78, 5) is 18.2. The summed E-state index contributed by atoms with van der Waals surface area (Å²) in [6.45, 7) is 1.38. The van der Waals surface area contributed by atoms with Crippen molar-refractivity contribution < 1.29 is 4.74 Å². The van der Waals surface area contributed by atoms with E-state index in [1.165, 1.54) is 17.5 Å². The Labute approximate surface area is 168 Å². The highest BCUT2D eigenvalue weighted by molar-refractivity contribution is 7.99. The van der Waals surface area contributed by atoms with Crippen LogP contribution < -0.4 is 5.56 Å². The first kappa shape index (κ1) is 18.0. The topological polar surface area (TPSA) is 44.1 Å². The maximum Gasteiger partial charge on any atom is 0.262 e. The molecule has 0 amide bonds. The van der Waals surface area contributed by atoms with Crippen LogP contribution in [0.5, 0.6) is 0 Å². The van der Waals surface area contributed by atoms with Crippen molar-refractivity contribution in [1.29, 1.82) is 0 Å². The second-order valence-corrected chi connectivity index (χ2v) is 8.83. The molecule has 5 rings (SSSR count). The van der Waals surface area contributed by atoms with Gasteiger partial charge < -0.3 is 4.74 Å². The van der Waals surface area contributed by atoms with Crippen molar-refractivity contribution in [2.24, 2.45) is 0 Å². The van der Waals surface area contributed by atoms with Gasteiger partial charge in [-0.2, -0.15) is 0 Å². The SMILES string of the molecule is O=c1c2ccccc2nc(SC2CCCc3ccccc32)n1CC1CCCO1. The third-order valence-electron chi connectivity index (χ3n) is 5.80. The van der Waals surface area contributed by atoms with Gasteiger partial charge in [0.1, 0.15) is 0 Å². The molecule has 1 fully saturated rings. The lowest BCUT2D eigenvalue weighted by atomic mass is 9.91. The van der Waals surface area contributed by atoms with E-state index in [1.807, 2.05) is 28.8 Å². The molecule has 2 aliphatic rings. The minimum atomic E-state index is 0.0488. The summed E-state index contributed by atoms with van der Waals surface area (Å²) in [5.74, 6) is 0. The third kappa shape index (κ3) is 3.38. The monoisotopic (exact) mass is 392 g/mol. The molecule has 0 bridgehead atoms. The van der Waals surface area contributed by atoms with Crippen LogP contribution in [0.1, 0.15) is 42.1 Å². The zero-order valence-corrected chi connectivity index (χ0v) is 16.7. The fourth-order valence-electron chi connectivity index (χ4n) is 4.35. The molecule has 1 aliphatic carbocycles. The van der Waals surface area contributed by atoms with Gasteiger partial charge in [-0.25, -0.2) is 4.98 Å². The molecule has 1 aliphatic heterocycles. The Morgan fingerprint density at radius 2 is 1.93 bits per heavy atom. The van der Waals surface area contributed by atoms with Gasteiger partial charge in [0.2, 0.25) is 0 Å². The molecule has 2 unspecified atom stereocenters. The smallest absolute Gasteiger partial charge is 0.262 e. The molecule has 2 aromatic carbocycles. The zero-order chi connectivity index (χ0) is 18.9. The lowest BCUT2D eigenvalue weighted by Crippen LogP contribution is -2.29. The van der Waals surface area contributed by atoms with E-state index in [9.17, 15) is 4.79 Å². The molecule has 0 spiro atoms. The Morgan fingerprint density at radius 3 is 2.82 bits per heavy atom. The van der Waals surface area contributed by atoms with Crippen LogP contribution in [0.25, 0.3) is 10.9 Å². The predicted molar refractivity (Wildman–Crippen MR) is 113 cm³/mol. The van der Waals surface area contributed by atoms with Gasteiger partial charge in [-0.05, 0) is 55.4 Å². The summed E-state index contributed by atoms with van der Waals surface area (Å²) in [5, 5.41) is 1.85. The van der Waals surface area contributed by atoms with Crippen molar-refractivity contribution in [3.8, 4) is 0 Å². The molecular formula is C23H24N2O2S. The van der Waals surface area contributed by atoms with Crippen LogP contribution in [-0.4, -0.2) is 22.3 Å². The molecule has 0 N–H and O–H groups in total. The van der Waals surface area contributed by atoms with Crippen molar-refractivity contribution >= 4 is 22.7 Å². The third-order valence-corrected chi connectivity index (χ3v) is 7.10. The van der Waals surface area contributed by atoms with Crippen molar-refractivity contribution in [3.05, 3.63) is 70.0 Å². The first-order valence-electron chi connectivity index (χ1n) is 10.2. The Bertz CT molecular complexity index is 1060. The minimum absolute atomic E-state index is 0.0488. The number of hydrogen-bond donors (Lipinski definition) is 0. The Kier molecular flexibility index (Phi) is 4.95. The number of fused-ring (bicyclic) bond motifs is 2. The zero-order valence-electron chi connectivity index (χ0n) is 15.8. The number of ether oxygens (including phenoxy) is 1. The molecule has 3 aromatic rings. The van der Waals surface area contributed by atoms with Crippen LogP contribution in [0.15, 0.2) is 58.5 Å². The van der Waals surface area contributed by atoms with Crippen LogP contribution in [0.3, 0.4) is 0 Å². The summed E-state index contributed by atoms with van der Waals surface area (Å²) in [7, 11) is 0. The standard InChI is InChI=1S/C23H24N2O2S/c26-22-19-11-3-4-12-20(19)24-23(25(22)15-17-9-6-14-27-17)28-21-13-5-8-16-7-1-2-10-18(16)21/h1-4,7,10-12,17,21H,5-6,8-9,13-15H2. The van der Waals surface area contributed by atoms with E-state index in [4.69, 9.17) is 9.72 Å². The predicted octanol–water partition coefficient (Wildman–Crippen LogP) is 4.75. The molecule has 28 heavy (non-hydrogen) atoms. The van der Waals surface area contributed by atoms with Crippen molar-refractivity contribution in [2.75, 3.05) is 6.61 Å². The molecule has 0 radical (unpaired) electrons. The first-order chi connectivity index (χ1) is 13.8. The van der Waals surface area contributed by atoms with Gasteiger partial charge in [0, 0.05) is 11.9 Å². The number of thioether (sulfide) groups is 1. The van der Waals surface area contributed by atoms with E-state index in [0.717, 1.165) is 43.0 Å². The summed E-state index contributed by atoms with van der Waals surface area (Å²) in [5.41, 5.74) is 3.65. The number of benzene rings is 2. The molecule has 144 valence electrons. The summed E-state index contributed by atoms with van der Waals surface area (Å²) in [6, 6.07) is 16.4. The van der Waals surface area contributed by atoms with Crippen molar-refractivity contribution in [3.63, 3.8) is 0 Å². The molecule has 5 heteroatoms. The quantitative estimate of drug-likeness (QED) is 0.601. The molecular weight excluding hydrogens is 368 g/mol. The largest absolute Gasteiger partial charge is 0.376 e. The van der Waals surface area contributed by atoms with Gasteiger partial charge in [-0.3, -0.25) is 9.36 Å². The molecule has 0 saturated carbocycles. The number of rotatable bonds is 4. The van der Waals surface area contributed by atoms with Gasteiger partial charge in [-0.15, -0.1) is 0 Å². The fraction of sp³-hybridized carbons (Fsp3) is 0.391. The summed E-state index contributed by atoms with van der Waals surface area (Å²) < 4.78 is 7.69. The van der Waals surface area contributed by atoms with E-state index in [0.29, 0.717) is 17.2 Å². The number of aromatic nitrogens is 2. The van der Waals surface area contributed by atoms with E-state index in [-0.39, 0.29) is 11.7 Å². The van der Waals surface area contributed by atoms with Crippen molar-refractivity contribution in [1.82, 2.24) is 9.55 Å². The van der Waals surface area contributed by atoms with Gasteiger partial charge in [0.25, 0.3) is 5.56 Å². The Morgan fingerprint density at radius 1 is 1.07 bits per heavy atom. The Balaban J connectivity index is 1.57. The molecule has 2 atom stereocenters. The molecule has 4 nitrogen and oxygen atoms in total. The number of hydrogen-bond acceptors (Lipinski definition) is 4. The van der Waals surface area contributed by atoms with E-state index in [2.05, 4.69) is 24.3 Å². The van der Waals surface area contributed by atoms with Crippen molar-refractivity contribution in [2.45, 2.75) is 55.2 Å². The van der Waals surface area contributed by atoms with Gasteiger partial charge >= 0.3 is 0 Å². The van der Waals surface area contributed by atoms with Crippen LogP contribution in [0.2, 0.25) is 0 Å². The second kappa shape index (κ2) is 7.72.